The Balaban J connectivity index is 2.37. The molecule has 3 N–H and O–H groups in total. The number of aliphatic hydroxyl groups is 3. The lowest BCUT2D eigenvalue weighted by Gasteiger charge is -2.44. The minimum atomic E-state index is -2.34. The summed E-state index contributed by atoms with van der Waals surface area (Å²) >= 11 is 0. The van der Waals surface area contributed by atoms with Crippen LogP contribution in [-0.2, 0) is 18.7 Å². The molecule has 2 saturated heterocycles. The largest absolute Gasteiger partial charge is 0.410 e. The van der Waals surface area contributed by atoms with Crippen molar-refractivity contribution in [3.63, 3.8) is 0 Å². The maximum Gasteiger partial charge on any atom is 0.192 e. The van der Waals surface area contributed by atoms with Crippen LogP contribution >= 0.6 is 0 Å². The Morgan fingerprint density at radius 2 is 1.94 bits per heavy atom. The summed E-state index contributed by atoms with van der Waals surface area (Å²) in [4.78, 5) is 13.7. The van der Waals surface area contributed by atoms with E-state index < -0.39 is 50.4 Å². The van der Waals surface area contributed by atoms with Crippen LogP contribution < -0.4 is 0 Å². The Morgan fingerprint density at radius 3 is 2.39 bits per heavy atom. The van der Waals surface area contributed by atoms with E-state index >= 15 is 0 Å². The van der Waals surface area contributed by atoms with Crippen LogP contribution in [0.2, 0.25) is 18.1 Å². The molecular formula is C25H46O7Si. The zero-order valence-corrected chi connectivity index (χ0v) is 22.9. The summed E-state index contributed by atoms with van der Waals surface area (Å²) in [7, 11) is -2.34. The first kappa shape index (κ1) is 28.6. The van der Waals surface area contributed by atoms with Crippen molar-refractivity contribution in [2.75, 3.05) is 13.2 Å². The van der Waals surface area contributed by atoms with Gasteiger partial charge in [-0.3, -0.25) is 4.79 Å². The Bertz CT molecular complexity index is 718. The van der Waals surface area contributed by atoms with E-state index in [0.717, 1.165) is 0 Å². The molecule has 0 aliphatic carbocycles. The standard InChI is InChI=1S/C25H46O7Si/c1-10-12-16(3)21-24(7,31-21)22(32-33(8,9)23(4,5)6)17(14-26)20(28)18-15-30-25(29,11-2)13-19(18)27/h10,12,16-19,21-22,26-27,29H,11,13-15H2,1-9H3/t16-,17-,18?,19?,21+,22-,24?,25?/m0/s1. The smallest absolute Gasteiger partial charge is 0.192 e. The van der Waals surface area contributed by atoms with E-state index in [4.69, 9.17) is 13.9 Å². The minimum Gasteiger partial charge on any atom is -0.410 e. The normalized spacial score (nSPS) is 35.9. The van der Waals surface area contributed by atoms with Gasteiger partial charge < -0.3 is 29.2 Å². The van der Waals surface area contributed by atoms with Gasteiger partial charge >= 0.3 is 0 Å². The summed E-state index contributed by atoms with van der Waals surface area (Å²) in [6.45, 7) is 17.9. The molecule has 2 fully saturated rings. The number of carbonyl (C=O) groups is 1. The highest BCUT2D eigenvalue weighted by Crippen LogP contribution is 2.51. The predicted molar refractivity (Wildman–Crippen MR) is 130 cm³/mol. The quantitative estimate of drug-likeness (QED) is 0.247. The van der Waals surface area contributed by atoms with Gasteiger partial charge in [-0.1, -0.05) is 46.8 Å². The molecule has 7 nitrogen and oxygen atoms in total. The van der Waals surface area contributed by atoms with Crippen LogP contribution in [-0.4, -0.2) is 72.3 Å². The fourth-order valence-corrected chi connectivity index (χ4v) is 5.99. The van der Waals surface area contributed by atoms with Crippen molar-refractivity contribution in [2.24, 2.45) is 17.8 Å². The topological polar surface area (TPSA) is 109 Å². The molecule has 0 amide bonds. The molecule has 2 aliphatic rings. The summed E-state index contributed by atoms with van der Waals surface area (Å²) in [5, 5.41) is 31.4. The first-order valence-electron chi connectivity index (χ1n) is 12.2. The number of rotatable bonds is 10. The number of ketones is 1. The van der Waals surface area contributed by atoms with Crippen molar-refractivity contribution >= 4 is 14.1 Å². The van der Waals surface area contributed by atoms with Gasteiger partial charge in [-0.25, -0.2) is 0 Å². The number of carbonyl (C=O) groups excluding carboxylic acids is 1. The van der Waals surface area contributed by atoms with E-state index in [1.807, 2.05) is 19.9 Å². The van der Waals surface area contributed by atoms with Crippen molar-refractivity contribution in [1.82, 2.24) is 0 Å². The molecule has 2 aliphatic heterocycles. The highest BCUT2D eigenvalue weighted by Gasteiger charge is 2.64. The van der Waals surface area contributed by atoms with Crippen molar-refractivity contribution in [3.05, 3.63) is 12.2 Å². The molecule has 192 valence electrons. The first-order valence-corrected chi connectivity index (χ1v) is 15.1. The van der Waals surface area contributed by atoms with E-state index in [1.165, 1.54) is 0 Å². The molecule has 0 spiro atoms. The molecule has 0 radical (unpaired) electrons. The second-order valence-electron chi connectivity index (χ2n) is 11.6. The molecule has 8 atom stereocenters. The van der Waals surface area contributed by atoms with Gasteiger partial charge in [0.2, 0.25) is 0 Å². The number of ether oxygens (including phenoxy) is 2. The molecule has 0 bridgehead atoms. The lowest BCUT2D eigenvalue weighted by atomic mass is 9.78. The lowest BCUT2D eigenvalue weighted by molar-refractivity contribution is -0.258. The zero-order valence-electron chi connectivity index (χ0n) is 21.9. The summed E-state index contributed by atoms with van der Waals surface area (Å²) < 4.78 is 18.5. The maximum absolute atomic E-state index is 13.7. The number of epoxide rings is 1. The first-order chi connectivity index (χ1) is 15.1. The molecule has 4 unspecified atom stereocenters. The fraction of sp³-hybridized carbons (Fsp3) is 0.880. The van der Waals surface area contributed by atoms with Gasteiger partial charge in [0.25, 0.3) is 0 Å². The Hall–Kier alpha value is -0.613. The Labute approximate surface area is 200 Å². The number of aliphatic hydroxyl groups excluding tert-OH is 2. The van der Waals surface area contributed by atoms with Crippen molar-refractivity contribution < 1.29 is 34.0 Å². The van der Waals surface area contributed by atoms with Crippen molar-refractivity contribution in [2.45, 2.75) is 109 Å². The molecule has 8 heteroatoms. The number of hydrogen-bond acceptors (Lipinski definition) is 7. The summed E-state index contributed by atoms with van der Waals surface area (Å²) in [5.41, 5.74) is -0.734. The summed E-state index contributed by atoms with van der Waals surface area (Å²) in [6.07, 6.45) is 2.48. The van der Waals surface area contributed by atoms with Crippen LogP contribution in [0.5, 0.6) is 0 Å². The van der Waals surface area contributed by atoms with Gasteiger partial charge in [0.1, 0.15) is 11.4 Å². The molecule has 0 aromatic carbocycles. The third-order valence-corrected chi connectivity index (χ3v) is 12.5. The second-order valence-corrected chi connectivity index (χ2v) is 16.3. The van der Waals surface area contributed by atoms with Gasteiger partial charge in [0, 0.05) is 12.3 Å². The molecular weight excluding hydrogens is 440 g/mol. The highest BCUT2D eigenvalue weighted by molar-refractivity contribution is 6.74. The molecule has 33 heavy (non-hydrogen) atoms. The van der Waals surface area contributed by atoms with E-state index in [0.29, 0.717) is 6.42 Å². The highest BCUT2D eigenvalue weighted by atomic mass is 28.4. The summed E-state index contributed by atoms with van der Waals surface area (Å²) in [6, 6.07) is 0. The monoisotopic (exact) mass is 486 g/mol. The van der Waals surface area contributed by atoms with Gasteiger partial charge in [-0.2, -0.15) is 0 Å². The number of Topliss-reactive ketones (excluding diaryl/α,β-unsaturated/α-hetero) is 1. The van der Waals surface area contributed by atoms with Crippen LogP contribution in [0.3, 0.4) is 0 Å². The van der Waals surface area contributed by atoms with Gasteiger partial charge in [0.15, 0.2) is 14.1 Å². The average Bonchev–Trinajstić information content (AvgIpc) is 3.40. The lowest BCUT2D eigenvalue weighted by Crippen LogP contribution is -2.56. The fourth-order valence-electron chi connectivity index (χ4n) is 4.61. The van der Waals surface area contributed by atoms with E-state index in [-0.39, 0.29) is 35.9 Å². The third kappa shape index (κ3) is 5.97. The van der Waals surface area contributed by atoms with E-state index in [1.54, 1.807) is 6.92 Å². The van der Waals surface area contributed by atoms with Crippen LogP contribution in [0.4, 0.5) is 0 Å². The second kappa shape index (κ2) is 10.2. The van der Waals surface area contributed by atoms with Gasteiger partial charge in [0.05, 0.1) is 43.4 Å². The third-order valence-electron chi connectivity index (χ3n) is 8.02. The molecule has 0 saturated carbocycles. The van der Waals surface area contributed by atoms with E-state index in [2.05, 4.69) is 46.9 Å². The van der Waals surface area contributed by atoms with Gasteiger partial charge in [-0.05, 0) is 38.4 Å². The Morgan fingerprint density at radius 1 is 1.33 bits per heavy atom. The maximum atomic E-state index is 13.7. The number of hydrogen-bond donors (Lipinski definition) is 3. The van der Waals surface area contributed by atoms with Crippen LogP contribution in [0.1, 0.15) is 61.3 Å². The van der Waals surface area contributed by atoms with Gasteiger partial charge in [-0.15, -0.1) is 0 Å². The van der Waals surface area contributed by atoms with E-state index in [9.17, 15) is 20.1 Å². The van der Waals surface area contributed by atoms with Crippen LogP contribution in [0.15, 0.2) is 12.2 Å². The minimum absolute atomic E-state index is 0.0411. The summed E-state index contributed by atoms with van der Waals surface area (Å²) in [5.74, 6) is -3.32. The van der Waals surface area contributed by atoms with Crippen molar-refractivity contribution in [3.8, 4) is 0 Å². The predicted octanol–water partition coefficient (Wildman–Crippen LogP) is 3.42. The molecule has 2 heterocycles. The molecule has 0 aromatic rings. The van der Waals surface area contributed by atoms with Crippen LogP contribution in [0.25, 0.3) is 0 Å². The molecule has 0 aromatic heterocycles. The SMILES string of the molecule is CC=C[C@H](C)[C@H]1OC1(C)[C@@H](O[Si](C)(C)C(C)(C)C)[C@@H](CO)C(=O)C1COC(O)(CC)CC1O. The van der Waals surface area contributed by atoms with Crippen molar-refractivity contribution in [1.29, 1.82) is 0 Å². The zero-order chi connectivity index (χ0) is 25.4. The molecule has 2 rings (SSSR count). The number of allylic oxidation sites excluding steroid dienone is 1. The Kier molecular flexibility index (Phi) is 8.82. The van der Waals surface area contributed by atoms with Crippen LogP contribution in [0, 0.1) is 17.8 Å². The average molecular weight is 487 g/mol.